The first kappa shape index (κ1) is 13.4. The average molecular weight is 255 g/mol. The minimum Gasteiger partial charge on any atom is -0.500 e. The Morgan fingerprint density at radius 2 is 1.94 bits per heavy atom. The second kappa shape index (κ2) is 5.13. The Morgan fingerprint density at radius 3 is 2.39 bits per heavy atom. The molecule has 0 saturated heterocycles. The smallest absolute Gasteiger partial charge is 0.379 e. The third kappa shape index (κ3) is 2.37. The van der Waals surface area contributed by atoms with Crippen LogP contribution in [0.3, 0.4) is 0 Å². The van der Waals surface area contributed by atoms with Crippen LogP contribution in [0.4, 0.5) is 5.69 Å². The first-order chi connectivity index (χ1) is 8.42. The number of nitro benzene ring substituents is 1. The number of benzene rings is 1. The van der Waals surface area contributed by atoms with Gasteiger partial charge in [0.25, 0.3) is 5.78 Å². The number of phenolic OH excluding ortho intramolecular Hbond substituents is 1. The molecular weight excluding hydrogens is 246 g/mol. The number of phenols is 1. The van der Waals surface area contributed by atoms with Crippen LogP contribution >= 0.6 is 0 Å². The Labute approximate surface area is 101 Å². The van der Waals surface area contributed by atoms with Gasteiger partial charge in [-0.05, 0) is 6.07 Å². The van der Waals surface area contributed by atoms with Gasteiger partial charge in [0.15, 0.2) is 5.75 Å². The number of ketones is 1. The summed E-state index contributed by atoms with van der Waals surface area (Å²) < 4.78 is 8.89. The van der Waals surface area contributed by atoms with Crippen LogP contribution in [0.5, 0.6) is 11.5 Å². The lowest BCUT2D eigenvalue weighted by Gasteiger charge is -2.06. The van der Waals surface area contributed by atoms with E-state index < -0.39 is 28.1 Å². The Morgan fingerprint density at radius 1 is 1.33 bits per heavy atom. The van der Waals surface area contributed by atoms with Gasteiger partial charge in [-0.25, -0.2) is 4.79 Å². The fraction of sp³-hybridized carbons (Fsp3) is 0.200. The molecule has 0 aliphatic heterocycles. The molecule has 0 saturated carbocycles. The van der Waals surface area contributed by atoms with Crippen LogP contribution in [0.1, 0.15) is 10.4 Å². The van der Waals surface area contributed by atoms with Crippen molar-refractivity contribution in [2.24, 2.45) is 0 Å². The van der Waals surface area contributed by atoms with Crippen molar-refractivity contribution < 1.29 is 29.1 Å². The molecule has 0 bridgehead atoms. The summed E-state index contributed by atoms with van der Waals surface area (Å²) in [6.45, 7) is 0. The van der Waals surface area contributed by atoms with Gasteiger partial charge in [0.1, 0.15) is 0 Å². The van der Waals surface area contributed by atoms with Gasteiger partial charge in [-0.2, -0.15) is 0 Å². The average Bonchev–Trinajstić information content (AvgIpc) is 2.36. The SMILES string of the molecule is COC(=O)C(=O)c1cc(OC)c(O)c([N+](=O)[O-])c1. The molecule has 0 fully saturated rings. The molecule has 96 valence electrons. The summed E-state index contributed by atoms with van der Waals surface area (Å²) in [7, 11) is 2.16. The minimum atomic E-state index is -1.17. The highest BCUT2D eigenvalue weighted by atomic mass is 16.6. The van der Waals surface area contributed by atoms with E-state index in [0.29, 0.717) is 0 Å². The molecule has 18 heavy (non-hydrogen) atoms. The zero-order chi connectivity index (χ0) is 13.9. The quantitative estimate of drug-likeness (QED) is 0.276. The second-order valence-corrected chi connectivity index (χ2v) is 3.12. The number of aromatic hydroxyl groups is 1. The van der Waals surface area contributed by atoms with E-state index in [4.69, 9.17) is 0 Å². The van der Waals surface area contributed by atoms with Gasteiger partial charge in [-0.1, -0.05) is 0 Å². The lowest BCUT2D eigenvalue weighted by Crippen LogP contribution is -2.16. The van der Waals surface area contributed by atoms with Crippen molar-refractivity contribution in [2.45, 2.75) is 0 Å². The summed E-state index contributed by atoms with van der Waals surface area (Å²) in [6, 6.07) is 1.79. The minimum absolute atomic E-state index is 0.281. The van der Waals surface area contributed by atoms with Crippen molar-refractivity contribution >= 4 is 17.4 Å². The Balaban J connectivity index is 3.39. The Kier molecular flexibility index (Phi) is 3.82. The second-order valence-electron chi connectivity index (χ2n) is 3.12. The molecule has 0 aliphatic rings. The molecule has 0 aromatic heterocycles. The van der Waals surface area contributed by atoms with Gasteiger partial charge >= 0.3 is 11.7 Å². The van der Waals surface area contributed by atoms with Gasteiger partial charge in [-0.15, -0.1) is 0 Å². The van der Waals surface area contributed by atoms with E-state index in [1.54, 1.807) is 0 Å². The summed E-state index contributed by atoms with van der Waals surface area (Å²) in [4.78, 5) is 32.3. The number of esters is 1. The fourth-order valence-electron chi connectivity index (χ4n) is 1.23. The highest BCUT2D eigenvalue weighted by Crippen LogP contribution is 2.36. The van der Waals surface area contributed by atoms with Gasteiger partial charge in [0.2, 0.25) is 5.75 Å². The molecule has 1 aromatic rings. The number of nitro groups is 1. The number of carbonyl (C=O) groups excluding carboxylic acids is 2. The highest BCUT2D eigenvalue weighted by Gasteiger charge is 2.25. The molecule has 0 spiro atoms. The largest absolute Gasteiger partial charge is 0.500 e. The number of Topliss-reactive ketones (excluding diaryl/α,β-unsaturated/α-hetero) is 1. The molecule has 0 heterocycles. The van der Waals surface area contributed by atoms with Crippen molar-refractivity contribution in [3.63, 3.8) is 0 Å². The Hall–Kier alpha value is -2.64. The highest BCUT2D eigenvalue weighted by molar-refractivity contribution is 6.40. The summed E-state index contributed by atoms with van der Waals surface area (Å²) in [5, 5.41) is 20.1. The number of methoxy groups -OCH3 is 2. The summed E-state index contributed by atoms with van der Waals surface area (Å²) in [5.41, 5.74) is -1.04. The van der Waals surface area contributed by atoms with Crippen LogP contribution in [-0.2, 0) is 9.53 Å². The van der Waals surface area contributed by atoms with E-state index in [1.165, 1.54) is 0 Å². The maximum atomic E-state index is 11.5. The zero-order valence-corrected chi connectivity index (χ0v) is 9.50. The van der Waals surface area contributed by atoms with Gasteiger partial charge in [0, 0.05) is 11.6 Å². The third-order valence-corrected chi connectivity index (χ3v) is 2.10. The van der Waals surface area contributed by atoms with E-state index in [9.17, 15) is 24.8 Å². The molecule has 8 heteroatoms. The number of hydrogen-bond donors (Lipinski definition) is 1. The predicted molar refractivity (Wildman–Crippen MR) is 57.7 cm³/mol. The van der Waals surface area contributed by atoms with Crippen molar-refractivity contribution in [3.05, 3.63) is 27.8 Å². The van der Waals surface area contributed by atoms with Crippen LogP contribution in [0.25, 0.3) is 0 Å². The first-order valence-electron chi connectivity index (χ1n) is 4.60. The van der Waals surface area contributed by atoms with Gasteiger partial charge < -0.3 is 14.6 Å². The van der Waals surface area contributed by atoms with Crippen molar-refractivity contribution in [1.29, 1.82) is 0 Å². The van der Waals surface area contributed by atoms with E-state index in [0.717, 1.165) is 26.4 Å². The van der Waals surface area contributed by atoms with Crippen LogP contribution < -0.4 is 4.74 Å². The van der Waals surface area contributed by atoms with E-state index in [1.807, 2.05) is 0 Å². The maximum Gasteiger partial charge on any atom is 0.379 e. The molecule has 0 amide bonds. The van der Waals surface area contributed by atoms with Crippen molar-refractivity contribution in [3.8, 4) is 11.5 Å². The van der Waals surface area contributed by atoms with Crippen molar-refractivity contribution in [2.75, 3.05) is 14.2 Å². The number of hydrogen-bond acceptors (Lipinski definition) is 7. The fourth-order valence-corrected chi connectivity index (χ4v) is 1.23. The molecule has 8 nitrogen and oxygen atoms in total. The normalized spacial score (nSPS) is 9.67. The molecule has 0 radical (unpaired) electrons. The summed E-state index contributed by atoms with van der Waals surface area (Å²) in [5.74, 6) is -3.24. The monoisotopic (exact) mass is 255 g/mol. The van der Waals surface area contributed by atoms with Crippen LogP contribution in [0, 0.1) is 10.1 Å². The molecule has 1 aromatic carbocycles. The predicted octanol–water partition coefficient (Wildman–Crippen LogP) is 0.665. The lowest BCUT2D eigenvalue weighted by molar-refractivity contribution is -0.386. The number of carbonyl (C=O) groups is 2. The van der Waals surface area contributed by atoms with Gasteiger partial charge in [0.05, 0.1) is 19.1 Å². The summed E-state index contributed by atoms with van der Waals surface area (Å²) >= 11 is 0. The molecule has 0 unspecified atom stereocenters. The van der Waals surface area contributed by atoms with E-state index in [2.05, 4.69) is 9.47 Å². The van der Waals surface area contributed by atoms with Crippen LogP contribution in [-0.4, -0.2) is 36.0 Å². The maximum absolute atomic E-state index is 11.5. The van der Waals surface area contributed by atoms with Crippen LogP contribution in [0.15, 0.2) is 12.1 Å². The standard InChI is InChI=1S/C10H9NO7/c1-17-7-4-5(8(12)10(14)18-2)3-6(9(7)13)11(15)16/h3-4,13H,1-2H3. The van der Waals surface area contributed by atoms with E-state index in [-0.39, 0.29) is 11.3 Å². The zero-order valence-electron chi connectivity index (χ0n) is 9.50. The van der Waals surface area contributed by atoms with E-state index >= 15 is 0 Å². The van der Waals surface area contributed by atoms with Gasteiger partial charge in [-0.3, -0.25) is 14.9 Å². The lowest BCUT2D eigenvalue weighted by atomic mass is 10.1. The first-order valence-corrected chi connectivity index (χ1v) is 4.60. The Bertz CT molecular complexity index is 523. The summed E-state index contributed by atoms with van der Waals surface area (Å²) in [6.07, 6.45) is 0. The molecular formula is C10H9NO7. The number of rotatable bonds is 4. The molecule has 0 atom stereocenters. The number of nitrogens with zero attached hydrogens (tertiary/aromatic N) is 1. The number of ether oxygens (including phenoxy) is 2. The van der Waals surface area contributed by atoms with Crippen LogP contribution in [0.2, 0.25) is 0 Å². The topological polar surface area (TPSA) is 116 Å². The third-order valence-electron chi connectivity index (χ3n) is 2.10. The molecule has 1 N–H and O–H groups in total. The van der Waals surface area contributed by atoms with Crippen molar-refractivity contribution in [1.82, 2.24) is 0 Å². The molecule has 0 aliphatic carbocycles. The molecule has 1 rings (SSSR count).